The fourth-order valence-electron chi connectivity index (χ4n) is 5.89. The molecule has 2 atom stereocenters. The van der Waals surface area contributed by atoms with Crippen molar-refractivity contribution in [1.82, 2.24) is 0 Å². The third kappa shape index (κ3) is 2.40. The molecule has 7 rings (SSSR count). The van der Waals surface area contributed by atoms with Crippen molar-refractivity contribution in [2.45, 2.75) is 18.8 Å². The van der Waals surface area contributed by atoms with Gasteiger partial charge in [-0.2, -0.15) is 0 Å². The van der Waals surface area contributed by atoms with Crippen molar-refractivity contribution in [2.24, 2.45) is 11.8 Å². The summed E-state index contributed by atoms with van der Waals surface area (Å²) in [6, 6.07) is 31.7. The number of nitrogens with one attached hydrogen (secondary N) is 1. The van der Waals surface area contributed by atoms with Gasteiger partial charge in [0.2, 0.25) is 5.91 Å². The summed E-state index contributed by atoms with van der Waals surface area (Å²) in [7, 11) is 0. The van der Waals surface area contributed by atoms with E-state index in [9.17, 15) is 4.79 Å². The summed E-state index contributed by atoms with van der Waals surface area (Å²) >= 11 is 0. The average Bonchev–Trinajstić information content (AvgIpc) is 2.79. The molecule has 1 N–H and O–H groups in total. The summed E-state index contributed by atoms with van der Waals surface area (Å²) in [6.07, 6.45) is 0. The number of carbonyl (C=O) groups is 1. The van der Waals surface area contributed by atoms with Gasteiger partial charge in [0.1, 0.15) is 0 Å². The second-order valence-electron chi connectivity index (χ2n) is 8.61. The van der Waals surface area contributed by atoms with Crippen molar-refractivity contribution < 1.29 is 4.79 Å². The number of hydrogen-bond donors (Lipinski definition) is 1. The summed E-state index contributed by atoms with van der Waals surface area (Å²) < 4.78 is 0. The standard InChI is InChI=1S/C28H23NO/c1-17-25-20-12-4-6-14-22(20)27(23-15-7-5-13-21(23)25)26(17)28(30)29-24-16-8-10-18-9-2-3-11-19(18)24/h2-17,25-27H,1H3,(H,29,30)/t17-,25?,26+,27?/m1/s1. The second kappa shape index (κ2) is 6.56. The number of carbonyl (C=O) groups excluding carboxylic acids is 1. The Kier molecular flexibility index (Phi) is 3.82. The van der Waals surface area contributed by atoms with E-state index in [-0.39, 0.29) is 29.6 Å². The van der Waals surface area contributed by atoms with Gasteiger partial charge in [0.25, 0.3) is 0 Å². The Morgan fingerprint density at radius 1 is 0.667 bits per heavy atom. The van der Waals surface area contributed by atoms with Crippen LogP contribution in [0.1, 0.15) is 41.0 Å². The van der Waals surface area contributed by atoms with Crippen LogP contribution in [0.3, 0.4) is 0 Å². The topological polar surface area (TPSA) is 29.1 Å². The number of amides is 1. The lowest BCUT2D eigenvalue weighted by Crippen LogP contribution is -2.44. The zero-order valence-corrected chi connectivity index (χ0v) is 16.9. The van der Waals surface area contributed by atoms with E-state index in [1.54, 1.807) is 0 Å². The van der Waals surface area contributed by atoms with Crippen molar-refractivity contribution in [3.05, 3.63) is 113 Å². The molecule has 0 fully saturated rings. The molecular weight excluding hydrogens is 366 g/mol. The third-order valence-corrected chi connectivity index (χ3v) is 7.13. The van der Waals surface area contributed by atoms with Gasteiger partial charge in [-0.1, -0.05) is 91.9 Å². The Balaban J connectivity index is 1.45. The molecule has 0 unspecified atom stereocenters. The van der Waals surface area contributed by atoms with E-state index in [1.807, 2.05) is 24.3 Å². The highest BCUT2D eigenvalue weighted by Crippen LogP contribution is 2.58. The van der Waals surface area contributed by atoms with Crippen LogP contribution in [0.4, 0.5) is 5.69 Å². The van der Waals surface area contributed by atoms with Crippen LogP contribution in [0.15, 0.2) is 91.0 Å². The molecule has 0 aromatic heterocycles. The number of anilines is 1. The Hall–Kier alpha value is -3.39. The summed E-state index contributed by atoms with van der Waals surface area (Å²) in [5.74, 6) is 0.657. The van der Waals surface area contributed by atoms with Crippen molar-refractivity contribution in [3.8, 4) is 0 Å². The van der Waals surface area contributed by atoms with E-state index in [4.69, 9.17) is 0 Å². The van der Waals surface area contributed by atoms with Crippen molar-refractivity contribution in [3.63, 3.8) is 0 Å². The van der Waals surface area contributed by atoms with Gasteiger partial charge in [0.15, 0.2) is 0 Å². The summed E-state index contributed by atoms with van der Waals surface area (Å²) in [4.78, 5) is 13.7. The molecule has 3 aliphatic carbocycles. The zero-order valence-electron chi connectivity index (χ0n) is 16.9. The number of fused-ring (bicyclic) bond motifs is 2. The Morgan fingerprint density at radius 2 is 1.20 bits per heavy atom. The van der Waals surface area contributed by atoms with E-state index >= 15 is 0 Å². The molecule has 1 amide bonds. The first-order valence-corrected chi connectivity index (χ1v) is 10.7. The van der Waals surface area contributed by atoms with Gasteiger partial charge in [-0.25, -0.2) is 0 Å². The van der Waals surface area contributed by atoms with E-state index in [0.29, 0.717) is 0 Å². The van der Waals surface area contributed by atoms with Crippen molar-refractivity contribution in [2.75, 3.05) is 5.32 Å². The van der Waals surface area contributed by atoms with Crippen LogP contribution >= 0.6 is 0 Å². The highest BCUT2D eigenvalue weighted by molar-refractivity contribution is 6.03. The molecule has 0 saturated heterocycles. The second-order valence-corrected chi connectivity index (χ2v) is 8.61. The van der Waals surface area contributed by atoms with E-state index < -0.39 is 0 Å². The van der Waals surface area contributed by atoms with Crippen LogP contribution in [0, 0.1) is 11.8 Å². The maximum Gasteiger partial charge on any atom is 0.228 e. The molecule has 2 heteroatoms. The summed E-state index contributed by atoms with van der Waals surface area (Å²) in [5.41, 5.74) is 6.31. The normalized spacial score (nSPS) is 23.6. The third-order valence-electron chi connectivity index (χ3n) is 7.13. The quantitative estimate of drug-likeness (QED) is 0.427. The minimum atomic E-state index is -0.0845. The van der Waals surface area contributed by atoms with Gasteiger partial charge >= 0.3 is 0 Å². The smallest absolute Gasteiger partial charge is 0.228 e. The Morgan fingerprint density at radius 3 is 1.87 bits per heavy atom. The minimum absolute atomic E-state index is 0.0845. The molecule has 0 saturated carbocycles. The van der Waals surface area contributed by atoms with Crippen LogP contribution in [0.25, 0.3) is 10.8 Å². The largest absolute Gasteiger partial charge is 0.325 e. The van der Waals surface area contributed by atoms with Gasteiger partial charge in [-0.15, -0.1) is 0 Å². The van der Waals surface area contributed by atoms with E-state index in [2.05, 4.69) is 79.0 Å². The summed E-state index contributed by atoms with van der Waals surface area (Å²) in [6.45, 7) is 2.25. The number of benzene rings is 4. The van der Waals surface area contributed by atoms with E-state index in [0.717, 1.165) is 16.5 Å². The Bertz CT molecular complexity index is 1240. The van der Waals surface area contributed by atoms with Crippen LogP contribution in [0.2, 0.25) is 0 Å². The molecule has 146 valence electrons. The fourth-order valence-corrected chi connectivity index (χ4v) is 5.89. The fraction of sp³-hybridized carbons (Fsp3) is 0.179. The van der Waals surface area contributed by atoms with Gasteiger partial charge in [0.05, 0.1) is 5.92 Å². The number of rotatable bonds is 2. The van der Waals surface area contributed by atoms with Gasteiger partial charge < -0.3 is 5.32 Å². The zero-order chi connectivity index (χ0) is 20.2. The lowest BCUT2D eigenvalue weighted by Gasteiger charge is -2.49. The molecule has 0 heterocycles. The van der Waals surface area contributed by atoms with Crippen LogP contribution < -0.4 is 5.32 Å². The number of hydrogen-bond acceptors (Lipinski definition) is 1. The molecule has 30 heavy (non-hydrogen) atoms. The maximum atomic E-state index is 13.7. The first kappa shape index (κ1) is 17.5. The van der Waals surface area contributed by atoms with Crippen molar-refractivity contribution >= 4 is 22.4 Å². The van der Waals surface area contributed by atoms with Gasteiger partial charge in [0, 0.05) is 22.9 Å². The first-order chi connectivity index (χ1) is 14.7. The van der Waals surface area contributed by atoms with Gasteiger partial charge in [-0.05, 0) is 39.6 Å². The molecule has 3 aliphatic rings. The highest BCUT2D eigenvalue weighted by atomic mass is 16.1. The first-order valence-electron chi connectivity index (χ1n) is 10.7. The molecular formula is C28H23NO. The van der Waals surface area contributed by atoms with Crippen LogP contribution in [-0.4, -0.2) is 5.91 Å². The molecule has 2 nitrogen and oxygen atoms in total. The predicted molar refractivity (Wildman–Crippen MR) is 122 cm³/mol. The molecule has 4 aromatic rings. The van der Waals surface area contributed by atoms with Crippen LogP contribution in [-0.2, 0) is 4.79 Å². The SMILES string of the molecule is C[C@@H]1C2c3ccccc3C(c3ccccc32)[C@H]1C(=O)Nc1cccc2ccccc12. The average molecular weight is 389 g/mol. The molecule has 4 aromatic carbocycles. The monoisotopic (exact) mass is 389 g/mol. The van der Waals surface area contributed by atoms with Crippen molar-refractivity contribution in [1.29, 1.82) is 0 Å². The Labute approximate surface area is 176 Å². The van der Waals surface area contributed by atoms with E-state index in [1.165, 1.54) is 22.3 Å². The summed E-state index contributed by atoms with van der Waals surface area (Å²) in [5, 5.41) is 5.52. The van der Waals surface area contributed by atoms with Gasteiger partial charge in [-0.3, -0.25) is 4.79 Å². The molecule has 0 aliphatic heterocycles. The molecule has 0 spiro atoms. The highest BCUT2D eigenvalue weighted by Gasteiger charge is 2.50. The molecule has 0 radical (unpaired) electrons. The molecule has 2 bridgehead atoms. The minimum Gasteiger partial charge on any atom is -0.325 e. The predicted octanol–water partition coefficient (Wildman–Crippen LogP) is 6.32. The lowest BCUT2D eigenvalue weighted by molar-refractivity contribution is -0.122. The van der Waals surface area contributed by atoms with Crippen LogP contribution in [0.5, 0.6) is 0 Å². The lowest BCUT2D eigenvalue weighted by atomic mass is 9.54. The maximum absolute atomic E-state index is 13.7.